The highest BCUT2D eigenvalue weighted by molar-refractivity contribution is 5.91. The van der Waals surface area contributed by atoms with Crippen LogP contribution >= 0.6 is 0 Å². The van der Waals surface area contributed by atoms with Crippen LogP contribution in [0, 0.1) is 13.8 Å². The van der Waals surface area contributed by atoms with Crippen LogP contribution in [0.25, 0.3) is 16.6 Å². The first-order valence-corrected chi connectivity index (χ1v) is 5.65. The van der Waals surface area contributed by atoms with E-state index in [0.717, 1.165) is 33.8 Å². The normalized spacial score (nSPS) is 11.5. The molecule has 0 aliphatic heterocycles. The van der Waals surface area contributed by atoms with E-state index in [1.165, 1.54) is 0 Å². The lowest BCUT2D eigenvalue weighted by Gasteiger charge is -2.07. The van der Waals surface area contributed by atoms with E-state index in [9.17, 15) is 0 Å². The average molecular weight is 226 g/mol. The maximum atomic E-state index is 5.77. The Morgan fingerprint density at radius 2 is 1.94 bits per heavy atom. The number of fused-ring (bicyclic) bond motifs is 3. The number of nitrogens with two attached hydrogens (primary N) is 1. The maximum absolute atomic E-state index is 5.77. The summed E-state index contributed by atoms with van der Waals surface area (Å²) < 4.78 is 2.05. The molecule has 0 saturated carbocycles. The van der Waals surface area contributed by atoms with Gasteiger partial charge in [0.1, 0.15) is 11.5 Å². The van der Waals surface area contributed by atoms with Gasteiger partial charge in [-0.15, -0.1) is 0 Å². The van der Waals surface area contributed by atoms with Crippen LogP contribution in [-0.4, -0.2) is 14.4 Å². The smallest absolute Gasteiger partial charge is 0.148 e. The summed E-state index contributed by atoms with van der Waals surface area (Å²) in [6.07, 6.45) is 0. The largest absolute Gasteiger partial charge is 0.324 e. The highest BCUT2D eigenvalue weighted by Gasteiger charge is 2.12. The molecule has 0 unspecified atom stereocenters. The average Bonchev–Trinajstić information content (AvgIpc) is 2.65. The predicted octanol–water partition coefficient (Wildman–Crippen LogP) is 1.96. The quantitative estimate of drug-likeness (QED) is 0.690. The Hall–Kier alpha value is -1.94. The topological polar surface area (TPSA) is 56.2 Å². The Morgan fingerprint density at radius 3 is 2.71 bits per heavy atom. The standard InChI is InChI=1S/C13H14N4/c1-8-9(2)17-12(7-14)16-11-6-4-3-5-10(11)13(17)15-8/h3-6H,7,14H2,1-2H3. The van der Waals surface area contributed by atoms with Gasteiger partial charge in [0.15, 0.2) is 0 Å². The lowest BCUT2D eigenvalue weighted by atomic mass is 10.2. The zero-order chi connectivity index (χ0) is 12.0. The van der Waals surface area contributed by atoms with Gasteiger partial charge >= 0.3 is 0 Å². The maximum Gasteiger partial charge on any atom is 0.148 e. The molecule has 2 N–H and O–H groups in total. The zero-order valence-electron chi connectivity index (χ0n) is 9.94. The molecule has 2 heterocycles. The van der Waals surface area contributed by atoms with Crippen LogP contribution in [0.5, 0.6) is 0 Å². The van der Waals surface area contributed by atoms with Gasteiger partial charge in [-0.2, -0.15) is 0 Å². The van der Waals surface area contributed by atoms with Crippen LogP contribution in [0.3, 0.4) is 0 Å². The third kappa shape index (κ3) is 1.34. The molecule has 4 heteroatoms. The van der Waals surface area contributed by atoms with Crippen LogP contribution in [0.4, 0.5) is 0 Å². The van der Waals surface area contributed by atoms with Gasteiger partial charge in [0.2, 0.25) is 0 Å². The Labute approximate surface area is 99.1 Å². The van der Waals surface area contributed by atoms with Crippen molar-refractivity contribution in [1.82, 2.24) is 14.4 Å². The van der Waals surface area contributed by atoms with Gasteiger partial charge in [-0.25, -0.2) is 9.97 Å². The van der Waals surface area contributed by atoms with Gasteiger partial charge in [0, 0.05) is 11.1 Å². The number of para-hydroxylation sites is 1. The van der Waals surface area contributed by atoms with Crippen molar-refractivity contribution in [2.45, 2.75) is 20.4 Å². The summed E-state index contributed by atoms with van der Waals surface area (Å²) in [4.78, 5) is 9.21. The fourth-order valence-corrected chi connectivity index (χ4v) is 2.19. The van der Waals surface area contributed by atoms with E-state index in [4.69, 9.17) is 5.73 Å². The minimum Gasteiger partial charge on any atom is -0.324 e. The summed E-state index contributed by atoms with van der Waals surface area (Å²) in [5.74, 6) is 0.858. The van der Waals surface area contributed by atoms with E-state index >= 15 is 0 Å². The molecular weight excluding hydrogens is 212 g/mol. The van der Waals surface area contributed by atoms with Crippen molar-refractivity contribution in [2.24, 2.45) is 5.73 Å². The highest BCUT2D eigenvalue weighted by Crippen LogP contribution is 2.21. The third-order valence-electron chi connectivity index (χ3n) is 3.18. The van der Waals surface area contributed by atoms with Crippen molar-refractivity contribution in [3.8, 4) is 0 Å². The second-order valence-corrected chi connectivity index (χ2v) is 4.19. The number of aromatic nitrogens is 3. The molecule has 3 aromatic rings. The minimum atomic E-state index is 0.415. The molecule has 86 valence electrons. The molecule has 0 amide bonds. The number of nitrogens with zero attached hydrogens (tertiary/aromatic N) is 3. The monoisotopic (exact) mass is 226 g/mol. The van der Waals surface area contributed by atoms with E-state index in [1.54, 1.807) is 0 Å². The Bertz CT molecular complexity index is 712. The van der Waals surface area contributed by atoms with Gasteiger partial charge in [-0.3, -0.25) is 4.40 Å². The Balaban J connectivity index is 2.60. The molecule has 17 heavy (non-hydrogen) atoms. The highest BCUT2D eigenvalue weighted by atomic mass is 15.1. The second-order valence-electron chi connectivity index (χ2n) is 4.19. The van der Waals surface area contributed by atoms with E-state index < -0.39 is 0 Å². The third-order valence-corrected chi connectivity index (χ3v) is 3.18. The van der Waals surface area contributed by atoms with Crippen LogP contribution < -0.4 is 5.73 Å². The van der Waals surface area contributed by atoms with Gasteiger partial charge in [-0.1, -0.05) is 12.1 Å². The summed E-state index contributed by atoms with van der Waals surface area (Å²) >= 11 is 0. The summed E-state index contributed by atoms with van der Waals surface area (Å²) in [5, 5.41) is 1.07. The molecular formula is C13H14N4. The number of benzene rings is 1. The lowest BCUT2D eigenvalue weighted by molar-refractivity contribution is 0.868. The van der Waals surface area contributed by atoms with Crippen molar-refractivity contribution >= 4 is 16.6 Å². The molecule has 4 nitrogen and oxygen atoms in total. The molecule has 2 aromatic heterocycles. The predicted molar refractivity (Wildman–Crippen MR) is 67.9 cm³/mol. The fraction of sp³-hybridized carbons (Fsp3) is 0.231. The number of rotatable bonds is 1. The summed E-state index contributed by atoms with van der Waals surface area (Å²) in [5.41, 5.74) is 9.81. The summed E-state index contributed by atoms with van der Waals surface area (Å²) in [6, 6.07) is 8.03. The van der Waals surface area contributed by atoms with Gasteiger partial charge in [0.25, 0.3) is 0 Å². The summed E-state index contributed by atoms with van der Waals surface area (Å²) in [7, 11) is 0. The van der Waals surface area contributed by atoms with Gasteiger partial charge < -0.3 is 5.73 Å². The first kappa shape index (κ1) is 10.2. The number of imidazole rings is 1. The van der Waals surface area contributed by atoms with Crippen molar-refractivity contribution < 1.29 is 0 Å². The number of hydrogen-bond donors (Lipinski definition) is 1. The van der Waals surface area contributed by atoms with Crippen LogP contribution in [-0.2, 0) is 6.54 Å². The van der Waals surface area contributed by atoms with E-state index in [0.29, 0.717) is 6.54 Å². The first-order chi connectivity index (χ1) is 8.22. The molecule has 0 aliphatic carbocycles. The van der Waals surface area contributed by atoms with Crippen molar-refractivity contribution in [1.29, 1.82) is 0 Å². The molecule has 0 saturated heterocycles. The van der Waals surface area contributed by atoms with Gasteiger partial charge in [-0.05, 0) is 26.0 Å². The second kappa shape index (κ2) is 3.53. The van der Waals surface area contributed by atoms with Crippen molar-refractivity contribution in [2.75, 3.05) is 0 Å². The molecule has 0 aliphatic rings. The molecule has 0 atom stereocenters. The first-order valence-electron chi connectivity index (χ1n) is 5.65. The fourth-order valence-electron chi connectivity index (χ4n) is 2.19. The summed E-state index contributed by atoms with van der Waals surface area (Å²) in [6.45, 7) is 4.47. The molecule has 0 radical (unpaired) electrons. The Morgan fingerprint density at radius 1 is 1.18 bits per heavy atom. The zero-order valence-corrected chi connectivity index (χ0v) is 9.94. The molecule has 0 fully saturated rings. The number of hydrogen-bond acceptors (Lipinski definition) is 3. The molecule has 0 bridgehead atoms. The Kier molecular flexibility index (Phi) is 2.12. The van der Waals surface area contributed by atoms with E-state index in [-0.39, 0.29) is 0 Å². The van der Waals surface area contributed by atoms with E-state index in [2.05, 4.69) is 14.4 Å². The SMILES string of the molecule is Cc1nc2c3ccccc3nc(CN)n2c1C. The van der Waals surface area contributed by atoms with Gasteiger partial charge in [0.05, 0.1) is 17.8 Å². The van der Waals surface area contributed by atoms with E-state index in [1.807, 2.05) is 38.1 Å². The van der Waals surface area contributed by atoms with Crippen LogP contribution in [0.15, 0.2) is 24.3 Å². The lowest BCUT2D eigenvalue weighted by Crippen LogP contribution is -2.08. The minimum absolute atomic E-state index is 0.415. The van der Waals surface area contributed by atoms with Crippen molar-refractivity contribution in [3.05, 3.63) is 41.5 Å². The van der Waals surface area contributed by atoms with Crippen LogP contribution in [0.1, 0.15) is 17.2 Å². The van der Waals surface area contributed by atoms with Crippen LogP contribution in [0.2, 0.25) is 0 Å². The molecule has 3 rings (SSSR count). The van der Waals surface area contributed by atoms with Crippen molar-refractivity contribution in [3.63, 3.8) is 0 Å². The number of aryl methyl sites for hydroxylation is 2. The molecule has 1 aromatic carbocycles. The molecule has 0 spiro atoms.